The van der Waals surface area contributed by atoms with Crippen molar-refractivity contribution in [3.63, 3.8) is 0 Å². The van der Waals surface area contributed by atoms with Crippen molar-refractivity contribution in [3.05, 3.63) is 35.2 Å². The highest BCUT2D eigenvalue weighted by Gasteiger charge is 2.39. The summed E-state index contributed by atoms with van der Waals surface area (Å²) in [5, 5.41) is 7.21. The number of halogens is 1. The molecule has 114 valence electrons. The van der Waals surface area contributed by atoms with Crippen molar-refractivity contribution in [2.75, 3.05) is 0 Å². The molecule has 0 aromatic carbocycles. The Balaban J connectivity index is 1.46. The molecule has 2 aromatic heterocycles. The third kappa shape index (κ3) is 2.50. The van der Waals surface area contributed by atoms with E-state index in [1.165, 1.54) is 23.8 Å². The number of aromatic nitrogens is 2. The first-order valence-corrected chi connectivity index (χ1v) is 8.15. The first kappa shape index (κ1) is 13.8. The van der Waals surface area contributed by atoms with Gasteiger partial charge in [-0.25, -0.2) is 9.37 Å². The van der Waals surface area contributed by atoms with Crippen LogP contribution in [0.2, 0.25) is 0 Å². The Kier molecular flexibility index (Phi) is 3.38. The Hall–Kier alpha value is -1.86. The molecule has 3 unspecified atom stereocenters. The zero-order valence-corrected chi connectivity index (χ0v) is 12.6. The number of nitrogens with zero attached hydrogens (tertiary/aromatic N) is 2. The normalized spacial score (nSPS) is 26.3. The Morgan fingerprint density at radius 1 is 1.32 bits per heavy atom. The van der Waals surface area contributed by atoms with Gasteiger partial charge in [0, 0.05) is 18.1 Å². The van der Waals surface area contributed by atoms with Crippen LogP contribution >= 0.6 is 11.3 Å². The molecule has 22 heavy (non-hydrogen) atoms. The number of fused-ring (bicyclic) bond motifs is 2. The predicted octanol–water partition coefficient (Wildman–Crippen LogP) is 1.97. The lowest BCUT2D eigenvalue weighted by atomic mass is 9.95. The second-order valence-electron chi connectivity index (χ2n) is 5.75. The molecule has 2 aliphatic rings. The highest BCUT2D eigenvalue weighted by atomic mass is 32.1. The van der Waals surface area contributed by atoms with Crippen molar-refractivity contribution < 1.29 is 9.18 Å². The van der Waals surface area contributed by atoms with Gasteiger partial charge in [0.1, 0.15) is 15.7 Å². The van der Waals surface area contributed by atoms with Gasteiger partial charge in [0.25, 0.3) is 5.91 Å². The molecule has 7 heteroatoms. The van der Waals surface area contributed by atoms with Crippen LogP contribution in [0, 0.1) is 5.82 Å². The maximum absolute atomic E-state index is 12.9. The van der Waals surface area contributed by atoms with Gasteiger partial charge in [-0.1, -0.05) is 0 Å². The molecule has 1 amide bonds. The van der Waals surface area contributed by atoms with Crippen molar-refractivity contribution in [2.24, 2.45) is 0 Å². The van der Waals surface area contributed by atoms with Gasteiger partial charge in [0.05, 0.1) is 18.1 Å². The maximum atomic E-state index is 12.9. The molecule has 2 aromatic rings. The summed E-state index contributed by atoms with van der Waals surface area (Å²) in [6.45, 7) is 0. The Bertz CT molecular complexity index is 702. The van der Waals surface area contributed by atoms with Crippen molar-refractivity contribution in [1.82, 2.24) is 20.6 Å². The zero-order chi connectivity index (χ0) is 15.1. The van der Waals surface area contributed by atoms with E-state index >= 15 is 0 Å². The van der Waals surface area contributed by atoms with E-state index in [0.717, 1.165) is 19.0 Å². The van der Waals surface area contributed by atoms with Crippen LogP contribution < -0.4 is 10.6 Å². The van der Waals surface area contributed by atoms with Crippen LogP contribution in [0.5, 0.6) is 0 Å². The first-order chi connectivity index (χ1) is 10.7. The van der Waals surface area contributed by atoms with Crippen LogP contribution in [0.3, 0.4) is 0 Å². The number of thiazole rings is 1. The summed E-state index contributed by atoms with van der Waals surface area (Å²) in [6, 6.07) is 4.07. The Labute approximate surface area is 131 Å². The lowest BCUT2D eigenvalue weighted by Crippen LogP contribution is -2.42. The molecule has 2 N–H and O–H groups in total. The second-order valence-corrected chi connectivity index (χ2v) is 6.79. The molecular weight excluding hydrogens is 303 g/mol. The average molecular weight is 318 g/mol. The van der Waals surface area contributed by atoms with Gasteiger partial charge in [-0.3, -0.25) is 9.78 Å². The topological polar surface area (TPSA) is 66.9 Å². The van der Waals surface area contributed by atoms with Gasteiger partial charge in [0.15, 0.2) is 0 Å². The Morgan fingerprint density at radius 3 is 2.91 bits per heavy atom. The zero-order valence-electron chi connectivity index (χ0n) is 11.8. The SMILES string of the molecule is O=C(NC1CC2CCC1N2)c1cnc(-c2ccc(F)cn2)s1. The highest BCUT2D eigenvalue weighted by molar-refractivity contribution is 7.16. The molecule has 0 saturated carbocycles. The minimum absolute atomic E-state index is 0.0924. The number of carbonyl (C=O) groups excluding carboxylic acids is 1. The van der Waals surface area contributed by atoms with Gasteiger partial charge in [-0.15, -0.1) is 11.3 Å². The van der Waals surface area contributed by atoms with Crippen molar-refractivity contribution >= 4 is 17.2 Å². The minimum Gasteiger partial charge on any atom is -0.347 e. The Morgan fingerprint density at radius 2 is 2.23 bits per heavy atom. The summed E-state index contributed by atoms with van der Waals surface area (Å²) in [4.78, 5) is 21.1. The maximum Gasteiger partial charge on any atom is 0.263 e. The number of hydrogen-bond donors (Lipinski definition) is 2. The number of pyridine rings is 1. The van der Waals surface area contributed by atoms with E-state index in [4.69, 9.17) is 0 Å². The monoisotopic (exact) mass is 318 g/mol. The minimum atomic E-state index is -0.387. The molecule has 0 spiro atoms. The molecule has 2 bridgehead atoms. The smallest absolute Gasteiger partial charge is 0.263 e. The predicted molar refractivity (Wildman–Crippen MR) is 81.1 cm³/mol. The van der Waals surface area contributed by atoms with Crippen LogP contribution in [-0.2, 0) is 0 Å². The van der Waals surface area contributed by atoms with E-state index in [9.17, 15) is 9.18 Å². The first-order valence-electron chi connectivity index (χ1n) is 7.34. The fraction of sp³-hybridized carbons (Fsp3) is 0.400. The molecule has 0 aliphatic carbocycles. The summed E-state index contributed by atoms with van der Waals surface area (Å²) < 4.78 is 12.9. The molecule has 5 nitrogen and oxygen atoms in total. The molecule has 2 saturated heterocycles. The number of rotatable bonds is 3. The molecule has 3 atom stereocenters. The fourth-order valence-corrected chi connectivity index (χ4v) is 4.02. The second kappa shape index (κ2) is 5.40. The number of amides is 1. The summed E-state index contributed by atoms with van der Waals surface area (Å²) in [7, 11) is 0. The third-order valence-electron chi connectivity index (χ3n) is 4.29. The lowest BCUT2D eigenvalue weighted by Gasteiger charge is -2.20. The summed E-state index contributed by atoms with van der Waals surface area (Å²) in [5.41, 5.74) is 0.576. The number of carbonyl (C=O) groups is 1. The van der Waals surface area contributed by atoms with Crippen molar-refractivity contribution in [3.8, 4) is 10.7 Å². The van der Waals surface area contributed by atoms with Gasteiger partial charge in [-0.05, 0) is 31.4 Å². The van der Waals surface area contributed by atoms with E-state index in [0.29, 0.717) is 27.7 Å². The average Bonchev–Trinajstić information content (AvgIpc) is 3.24. The van der Waals surface area contributed by atoms with Crippen LogP contribution in [0.1, 0.15) is 28.9 Å². The highest BCUT2D eigenvalue weighted by Crippen LogP contribution is 2.29. The van der Waals surface area contributed by atoms with E-state index in [-0.39, 0.29) is 17.8 Å². The summed E-state index contributed by atoms with van der Waals surface area (Å²) in [5.74, 6) is -0.479. The number of nitrogens with one attached hydrogen (secondary N) is 2. The molecule has 2 aliphatic heterocycles. The number of hydrogen-bond acceptors (Lipinski definition) is 5. The van der Waals surface area contributed by atoms with Crippen LogP contribution in [-0.4, -0.2) is 34.0 Å². The van der Waals surface area contributed by atoms with Crippen molar-refractivity contribution in [1.29, 1.82) is 0 Å². The van der Waals surface area contributed by atoms with Gasteiger partial charge >= 0.3 is 0 Å². The lowest BCUT2D eigenvalue weighted by molar-refractivity contribution is 0.0935. The van der Waals surface area contributed by atoms with E-state index in [2.05, 4.69) is 20.6 Å². The van der Waals surface area contributed by atoms with E-state index in [1.807, 2.05) is 0 Å². The van der Waals surface area contributed by atoms with Crippen molar-refractivity contribution in [2.45, 2.75) is 37.4 Å². The molecule has 4 rings (SSSR count). The van der Waals surface area contributed by atoms with Gasteiger partial charge in [0.2, 0.25) is 0 Å². The largest absolute Gasteiger partial charge is 0.347 e. The fourth-order valence-electron chi connectivity index (χ4n) is 3.22. The van der Waals surface area contributed by atoms with Gasteiger partial charge in [-0.2, -0.15) is 0 Å². The van der Waals surface area contributed by atoms with Crippen LogP contribution in [0.25, 0.3) is 10.7 Å². The van der Waals surface area contributed by atoms with Crippen LogP contribution in [0.15, 0.2) is 24.5 Å². The standard InChI is InChI=1S/C15H15FN4OS/c16-8-1-3-11(17-6-8)15-18-7-13(22-15)14(21)20-12-5-9-2-4-10(12)19-9/h1,3,6-7,9-10,12,19H,2,4-5H2,(H,20,21). The molecule has 4 heterocycles. The quantitative estimate of drug-likeness (QED) is 0.908. The van der Waals surface area contributed by atoms with E-state index in [1.54, 1.807) is 12.3 Å². The summed E-state index contributed by atoms with van der Waals surface area (Å²) >= 11 is 1.27. The van der Waals surface area contributed by atoms with Gasteiger partial charge < -0.3 is 10.6 Å². The third-order valence-corrected chi connectivity index (χ3v) is 5.31. The van der Waals surface area contributed by atoms with E-state index < -0.39 is 0 Å². The van der Waals surface area contributed by atoms with Crippen LogP contribution in [0.4, 0.5) is 4.39 Å². The summed E-state index contributed by atoms with van der Waals surface area (Å²) in [6.07, 6.45) is 6.04. The molecule has 0 radical (unpaired) electrons. The molecule has 2 fully saturated rings. The molecular formula is C15H15FN4OS.